The number of nitrogens with one attached hydrogen (secondary N) is 1. The SMILES string of the molecule is CN1C2CCC1CC(CNC(=O)c1ccc(I)cc1)C2. The van der Waals surface area contributed by atoms with E-state index in [0.29, 0.717) is 5.92 Å². The van der Waals surface area contributed by atoms with Gasteiger partial charge in [0.1, 0.15) is 0 Å². The number of hydrogen-bond acceptors (Lipinski definition) is 2. The van der Waals surface area contributed by atoms with E-state index >= 15 is 0 Å². The van der Waals surface area contributed by atoms with Crippen molar-refractivity contribution in [2.45, 2.75) is 37.8 Å². The van der Waals surface area contributed by atoms with Crippen LogP contribution in [0.25, 0.3) is 0 Å². The number of rotatable bonds is 3. The van der Waals surface area contributed by atoms with Crippen LogP contribution in [0.2, 0.25) is 0 Å². The number of hydrogen-bond donors (Lipinski definition) is 1. The minimum atomic E-state index is 0.0627. The first-order valence-corrected chi connectivity index (χ1v) is 8.47. The minimum Gasteiger partial charge on any atom is -0.352 e. The van der Waals surface area contributed by atoms with Gasteiger partial charge in [-0.25, -0.2) is 0 Å². The highest BCUT2D eigenvalue weighted by Gasteiger charge is 2.38. The highest BCUT2D eigenvalue weighted by Crippen LogP contribution is 2.36. The fourth-order valence-electron chi connectivity index (χ4n) is 3.63. The molecule has 0 aromatic heterocycles. The number of halogens is 1. The number of carbonyl (C=O) groups excluding carboxylic acids is 1. The van der Waals surface area contributed by atoms with Crippen LogP contribution in [0.3, 0.4) is 0 Å². The molecule has 2 fully saturated rings. The summed E-state index contributed by atoms with van der Waals surface area (Å²) in [4.78, 5) is 14.7. The summed E-state index contributed by atoms with van der Waals surface area (Å²) in [5.41, 5.74) is 0.765. The van der Waals surface area contributed by atoms with Gasteiger partial charge in [0, 0.05) is 27.8 Å². The molecule has 0 saturated carbocycles. The van der Waals surface area contributed by atoms with Gasteiger partial charge in [-0.15, -0.1) is 0 Å². The van der Waals surface area contributed by atoms with Gasteiger partial charge in [-0.1, -0.05) is 0 Å². The van der Waals surface area contributed by atoms with Crippen LogP contribution in [0.1, 0.15) is 36.0 Å². The van der Waals surface area contributed by atoms with Crippen LogP contribution >= 0.6 is 22.6 Å². The molecule has 0 radical (unpaired) electrons. The molecule has 2 bridgehead atoms. The third kappa shape index (κ3) is 3.01. The van der Waals surface area contributed by atoms with Crippen molar-refractivity contribution in [1.29, 1.82) is 0 Å². The van der Waals surface area contributed by atoms with Crippen molar-refractivity contribution >= 4 is 28.5 Å². The van der Waals surface area contributed by atoms with E-state index in [0.717, 1.165) is 27.8 Å². The lowest BCUT2D eigenvalue weighted by Gasteiger charge is -2.36. The maximum Gasteiger partial charge on any atom is 0.251 e. The quantitative estimate of drug-likeness (QED) is 0.813. The molecule has 4 heteroatoms. The molecule has 0 spiro atoms. The van der Waals surface area contributed by atoms with Gasteiger partial charge in [-0.05, 0) is 85.5 Å². The zero-order valence-electron chi connectivity index (χ0n) is 11.8. The van der Waals surface area contributed by atoms with Gasteiger partial charge in [-0.3, -0.25) is 4.79 Å². The van der Waals surface area contributed by atoms with Crippen LogP contribution in [-0.2, 0) is 0 Å². The Morgan fingerprint density at radius 1 is 1.25 bits per heavy atom. The standard InChI is InChI=1S/C16H21IN2O/c1-19-14-6-7-15(19)9-11(8-14)10-18-16(20)12-2-4-13(17)5-3-12/h2-5,11,14-15H,6-10H2,1H3,(H,18,20). The molecular weight excluding hydrogens is 363 g/mol. The molecule has 1 aromatic rings. The van der Waals surface area contributed by atoms with E-state index in [9.17, 15) is 4.79 Å². The molecule has 0 aliphatic carbocycles. The molecule has 2 saturated heterocycles. The molecule has 108 valence electrons. The molecule has 3 nitrogen and oxygen atoms in total. The summed E-state index contributed by atoms with van der Waals surface area (Å²) < 4.78 is 1.16. The second kappa shape index (κ2) is 6.02. The minimum absolute atomic E-state index is 0.0627. The Morgan fingerprint density at radius 3 is 2.45 bits per heavy atom. The predicted molar refractivity (Wildman–Crippen MR) is 88.8 cm³/mol. The largest absolute Gasteiger partial charge is 0.352 e. The van der Waals surface area contributed by atoms with Gasteiger partial charge in [0.15, 0.2) is 0 Å². The van der Waals surface area contributed by atoms with Gasteiger partial charge < -0.3 is 10.2 Å². The van der Waals surface area contributed by atoms with Crippen molar-refractivity contribution in [2.75, 3.05) is 13.6 Å². The average Bonchev–Trinajstić information content (AvgIpc) is 2.66. The molecule has 2 aliphatic rings. The third-order valence-electron chi connectivity index (χ3n) is 4.85. The highest BCUT2D eigenvalue weighted by molar-refractivity contribution is 14.1. The summed E-state index contributed by atoms with van der Waals surface area (Å²) in [6.07, 6.45) is 5.14. The molecule has 2 unspecified atom stereocenters. The monoisotopic (exact) mass is 384 g/mol. The number of nitrogens with zero attached hydrogens (tertiary/aromatic N) is 1. The van der Waals surface area contributed by atoms with Gasteiger partial charge in [0.05, 0.1) is 0 Å². The Hall–Kier alpha value is -0.620. The van der Waals surface area contributed by atoms with Crippen molar-refractivity contribution < 1.29 is 4.79 Å². The molecule has 1 amide bonds. The van der Waals surface area contributed by atoms with E-state index in [4.69, 9.17) is 0 Å². The molecular formula is C16H21IN2O. The van der Waals surface area contributed by atoms with Crippen LogP contribution in [0.5, 0.6) is 0 Å². The summed E-state index contributed by atoms with van der Waals surface area (Å²) in [6.45, 7) is 0.825. The van der Waals surface area contributed by atoms with Gasteiger partial charge in [-0.2, -0.15) is 0 Å². The lowest BCUT2D eigenvalue weighted by atomic mass is 9.91. The number of fused-ring (bicyclic) bond motifs is 2. The van der Waals surface area contributed by atoms with E-state index in [1.54, 1.807) is 0 Å². The first-order chi connectivity index (χ1) is 9.63. The zero-order chi connectivity index (χ0) is 14.1. The summed E-state index contributed by atoms with van der Waals surface area (Å²) in [7, 11) is 2.25. The van der Waals surface area contributed by atoms with E-state index in [1.807, 2.05) is 24.3 Å². The normalized spacial score (nSPS) is 29.4. The Bertz CT molecular complexity index is 474. The summed E-state index contributed by atoms with van der Waals surface area (Å²) in [5.74, 6) is 0.712. The number of piperidine rings is 1. The Morgan fingerprint density at radius 2 is 1.85 bits per heavy atom. The number of carbonyl (C=O) groups is 1. The first-order valence-electron chi connectivity index (χ1n) is 7.39. The van der Waals surface area contributed by atoms with Crippen LogP contribution in [-0.4, -0.2) is 36.5 Å². The van der Waals surface area contributed by atoms with Crippen molar-refractivity contribution in [1.82, 2.24) is 10.2 Å². The average molecular weight is 384 g/mol. The zero-order valence-corrected chi connectivity index (χ0v) is 14.0. The Kier molecular flexibility index (Phi) is 4.31. The summed E-state index contributed by atoms with van der Waals surface area (Å²) in [5, 5.41) is 3.11. The lowest BCUT2D eigenvalue weighted by Crippen LogP contribution is -2.43. The fraction of sp³-hybridized carbons (Fsp3) is 0.562. The predicted octanol–water partition coefficient (Wildman–Crippen LogP) is 2.89. The van der Waals surface area contributed by atoms with Crippen molar-refractivity contribution in [2.24, 2.45) is 5.92 Å². The summed E-state index contributed by atoms with van der Waals surface area (Å²) >= 11 is 2.25. The Balaban J connectivity index is 1.52. The van der Waals surface area contributed by atoms with E-state index < -0.39 is 0 Å². The fourth-order valence-corrected chi connectivity index (χ4v) is 3.99. The molecule has 1 aromatic carbocycles. The van der Waals surface area contributed by atoms with Gasteiger partial charge >= 0.3 is 0 Å². The third-order valence-corrected chi connectivity index (χ3v) is 5.57. The van der Waals surface area contributed by atoms with Crippen LogP contribution in [0.15, 0.2) is 24.3 Å². The Labute approximate surface area is 134 Å². The van der Waals surface area contributed by atoms with Crippen molar-refractivity contribution in [3.05, 3.63) is 33.4 Å². The molecule has 2 aliphatic heterocycles. The van der Waals surface area contributed by atoms with Crippen molar-refractivity contribution in [3.63, 3.8) is 0 Å². The highest BCUT2D eigenvalue weighted by atomic mass is 127. The summed E-state index contributed by atoms with van der Waals surface area (Å²) in [6, 6.07) is 9.24. The molecule has 1 N–H and O–H groups in total. The first kappa shape index (κ1) is 14.3. The number of amides is 1. The molecule has 2 atom stereocenters. The van der Waals surface area contributed by atoms with Crippen LogP contribution in [0.4, 0.5) is 0 Å². The second-order valence-electron chi connectivity index (χ2n) is 6.10. The topological polar surface area (TPSA) is 32.3 Å². The van der Waals surface area contributed by atoms with Crippen LogP contribution in [0, 0.1) is 9.49 Å². The molecule has 20 heavy (non-hydrogen) atoms. The maximum absolute atomic E-state index is 12.1. The number of benzene rings is 1. The van der Waals surface area contributed by atoms with Crippen molar-refractivity contribution in [3.8, 4) is 0 Å². The lowest BCUT2D eigenvalue weighted by molar-refractivity contribution is 0.0917. The van der Waals surface area contributed by atoms with E-state index in [2.05, 4.69) is 39.9 Å². The maximum atomic E-state index is 12.1. The van der Waals surface area contributed by atoms with Crippen LogP contribution < -0.4 is 5.32 Å². The van der Waals surface area contributed by atoms with E-state index in [-0.39, 0.29) is 5.91 Å². The van der Waals surface area contributed by atoms with Gasteiger partial charge in [0.2, 0.25) is 0 Å². The second-order valence-corrected chi connectivity index (χ2v) is 7.35. The smallest absolute Gasteiger partial charge is 0.251 e. The molecule has 3 rings (SSSR count). The van der Waals surface area contributed by atoms with Gasteiger partial charge in [0.25, 0.3) is 5.91 Å². The molecule has 2 heterocycles. The van der Waals surface area contributed by atoms with E-state index in [1.165, 1.54) is 25.7 Å².